The van der Waals surface area contributed by atoms with Crippen LogP contribution in [0.5, 0.6) is 17.2 Å². The molecule has 2 aromatic rings. The normalized spacial score (nSPS) is 13.6. The smallest absolute Gasteiger partial charge is 0.427 e. The van der Waals surface area contributed by atoms with Crippen LogP contribution >= 0.6 is 7.60 Å². The molecule has 1 aromatic carbocycles. The highest BCUT2D eigenvalue weighted by Crippen LogP contribution is 2.57. The van der Waals surface area contributed by atoms with E-state index >= 15 is 0 Å². The van der Waals surface area contributed by atoms with Crippen LogP contribution in [-0.2, 0) is 9.19 Å². The molecular weight excluding hydrogens is 403 g/mol. The zero-order valence-electron chi connectivity index (χ0n) is 18.5. The van der Waals surface area contributed by atoms with E-state index < -0.39 is 7.60 Å². The first kappa shape index (κ1) is 23.8. The third-order valence-corrected chi connectivity index (χ3v) is 6.64. The van der Waals surface area contributed by atoms with Crippen molar-refractivity contribution in [2.45, 2.75) is 54.4 Å². The van der Waals surface area contributed by atoms with E-state index in [1.54, 1.807) is 19.2 Å². The Balaban J connectivity index is 2.41. The number of hydrogen-bond acceptors (Lipinski definition) is 7. The van der Waals surface area contributed by atoms with E-state index in [-0.39, 0.29) is 17.2 Å². The van der Waals surface area contributed by atoms with Crippen LogP contribution in [0.15, 0.2) is 35.8 Å². The number of benzene rings is 1. The monoisotopic (exact) mass is 434 g/mol. The molecule has 2 rings (SSSR count). The molecule has 0 radical (unpaired) electrons. The number of aromatic nitrogens is 1. The minimum atomic E-state index is -3.77. The fourth-order valence-corrected chi connectivity index (χ4v) is 4.49. The first-order valence-corrected chi connectivity index (χ1v) is 11.6. The van der Waals surface area contributed by atoms with E-state index in [0.29, 0.717) is 36.1 Å². The average molecular weight is 434 g/mol. The summed E-state index contributed by atoms with van der Waals surface area (Å²) in [6.07, 6.45) is 4.67. The molecule has 164 valence electrons. The van der Waals surface area contributed by atoms with Crippen LogP contribution in [-0.4, -0.2) is 16.7 Å². The number of pyridine rings is 1. The first-order valence-electron chi connectivity index (χ1n) is 10.1. The van der Waals surface area contributed by atoms with Crippen LogP contribution in [0.4, 0.5) is 5.82 Å². The Labute approximate surface area is 178 Å². The summed E-state index contributed by atoms with van der Waals surface area (Å²) in [5.41, 5.74) is 5.20. The Morgan fingerprint density at radius 1 is 1.20 bits per heavy atom. The summed E-state index contributed by atoms with van der Waals surface area (Å²) in [5.74, 6) is 1.05. The van der Waals surface area contributed by atoms with Crippen LogP contribution in [0.25, 0.3) is 0 Å². The van der Waals surface area contributed by atoms with Crippen LogP contribution in [0.1, 0.15) is 50.3 Å². The van der Waals surface area contributed by atoms with Crippen LogP contribution < -0.4 is 14.7 Å². The zero-order valence-corrected chi connectivity index (χ0v) is 19.4. The molecule has 0 saturated carbocycles. The lowest BCUT2D eigenvalue weighted by Crippen LogP contribution is -2.09. The molecule has 0 amide bonds. The fraction of sp³-hybridized carbons (Fsp3) is 0.409. The van der Waals surface area contributed by atoms with Gasteiger partial charge in [0.1, 0.15) is 5.75 Å². The van der Waals surface area contributed by atoms with Crippen molar-refractivity contribution < 1.29 is 23.6 Å². The summed E-state index contributed by atoms with van der Waals surface area (Å²) in [6, 6.07) is 5.00. The van der Waals surface area contributed by atoms with Crippen molar-refractivity contribution in [2.75, 3.05) is 12.1 Å². The lowest BCUT2D eigenvalue weighted by molar-refractivity contribution is 0.309. The molecule has 0 aliphatic heterocycles. The Morgan fingerprint density at radius 3 is 2.57 bits per heavy atom. The number of ether oxygens (including phenoxy) is 1. The van der Waals surface area contributed by atoms with Gasteiger partial charge in [0.25, 0.3) is 0 Å². The standard InChI is InChI=1S/C22H31N2O5P/c1-7-10-19(8-2)30(26,29-24-22-17(6)15(4)11-12-23-22)28-18-13-16(5)21(25)20(14-18)27-9-3/h10-14,25H,7-9H2,1-6H3,(H,23,24)/b19-10+. The molecule has 1 aromatic heterocycles. The maximum atomic E-state index is 13.8. The fourth-order valence-electron chi connectivity index (χ4n) is 2.83. The topological polar surface area (TPSA) is 89.9 Å². The van der Waals surface area contributed by atoms with E-state index in [2.05, 4.69) is 10.5 Å². The Bertz CT molecular complexity index is 959. The number of phenolic OH excluding ortho intramolecular Hbond substituents is 1. The molecule has 0 saturated heterocycles. The summed E-state index contributed by atoms with van der Waals surface area (Å²) >= 11 is 0. The number of phenols is 1. The van der Waals surface area contributed by atoms with E-state index in [4.69, 9.17) is 13.9 Å². The highest BCUT2D eigenvalue weighted by Gasteiger charge is 2.32. The van der Waals surface area contributed by atoms with Gasteiger partial charge in [-0.05, 0) is 69.4 Å². The Morgan fingerprint density at radius 2 is 1.93 bits per heavy atom. The minimum Gasteiger partial charge on any atom is -0.504 e. The quantitative estimate of drug-likeness (QED) is 0.329. The van der Waals surface area contributed by atoms with E-state index in [0.717, 1.165) is 11.1 Å². The average Bonchev–Trinajstić information content (AvgIpc) is 2.71. The molecule has 1 unspecified atom stereocenters. The third kappa shape index (κ3) is 5.55. The van der Waals surface area contributed by atoms with Gasteiger partial charge in [-0.3, -0.25) is 0 Å². The zero-order chi connectivity index (χ0) is 22.3. The molecule has 0 spiro atoms. The van der Waals surface area contributed by atoms with Crippen LogP contribution in [0.3, 0.4) is 0 Å². The van der Waals surface area contributed by atoms with Crippen molar-refractivity contribution in [3.63, 3.8) is 0 Å². The number of nitrogens with one attached hydrogen (secondary N) is 1. The van der Waals surface area contributed by atoms with E-state index in [1.807, 2.05) is 46.8 Å². The van der Waals surface area contributed by atoms with Gasteiger partial charge in [0, 0.05) is 12.3 Å². The molecule has 2 N–H and O–H groups in total. The Kier molecular flexibility index (Phi) is 8.33. The van der Waals surface area contributed by atoms with Gasteiger partial charge in [-0.2, -0.15) is 4.62 Å². The van der Waals surface area contributed by atoms with Gasteiger partial charge in [0.2, 0.25) is 0 Å². The number of anilines is 1. The van der Waals surface area contributed by atoms with E-state index in [1.165, 1.54) is 6.07 Å². The van der Waals surface area contributed by atoms with Gasteiger partial charge in [0.05, 0.1) is 11.9 Å². The Hall–Kier alpha value is -2.50. The molecular formula is C22H31N2O5P. The van der Waals surface area contributed by atoms with Crippen molar-refractivity contribution in [2.24, 2.45) is 0 Å². The second-order valence-corrected chi connectivity index (χ2v) is 8.80. The third-order valence-electron chi connectivity index (χ3n) is 4.66. The van der Waals surface area contributed by atoms with Gasteiger partial charge in [-0.1, -0.05) is 19.9 Å². The molecule has 1 atom stereocenters. The number of hydrogen-bond donors (Lipinski definition) is 2. The lowest BCUT2D eigenvalue weighted by Gasteiger charge is -2.22. The molecule has 1 heterocycles. The van der Waals surface area contributed by atoms with Gasteiger partial charge >= 0.3 is 7.60 Å². The molecule has 0 bridgehead atoms. The van der Waals surface area contributed by atoms with Crippen molar-refractivity contribution >= 4 is 13.4 Å². The number of aryl methyl sites for hydroxylation is 2. The van der Waals surface area contributed by atoms with Gasteiger partial charge < -0.3 is 14.4 Å². The highest BCUT2D eigenvalue weighted by atomic mass is 31.2. The van der Waals surface area contributed by atoms with Crippen LogP contribution in [0, 0.1) is 20.8 Å². The predicted molar refractivity (Wildman–Crippen MR) is 119 cm³/mol. The molecule has 0 fully saturated rings. The van der Waals surface area contributed by atoms with E-state index in [9.17, 15) is 9.67 Å². The maximum absolute atomic E-state index is 13.8. The van der Waals surface area contributed by atoms with Crippen molar-refractivity contribution in [3.05, 3.63) is 52.5 Å². The summed E-state index contributed by atoms with van der Waals surface area (Å²) in [7, 11) is -3.77. The van der Waals surface area contributed by atoms with Gasteiger partial charge in [-0.25, -0.2) is 15.0 Å². The molecule has 0 aliphatic rings. The molecule has 7 nitrogen and oxygen atoms in total. The molecule has 8 heteroatoms. The number of nitrogens with zero attached hydrogens (tertiary/aromatic N) is 1. The van der Waals surface area contributed by atoms with Gasteiger partial charge in [0.15, 0.2) is 17.3 Å². The van der Waals surface area contributed by atoms with Crippen molar-refractivity contribution in [1.82, 2.24) is 4.98 Å². The minimum absolute atomic E-state index is 0.0254. The predicted octanol–water partition coefficient (Wildman–Crippen LogP) is 6.43. The molecule has 0 aliphatic carbocycles. The lowest BCUT2D eigenvalue weighted by atomic mass is 10.2. The largest absolute Gasteiger partial charge is 0.504 e. The second-order valence-electron chi connectivity index (χ2n) is 6.86. The summed E-state index contributed by atoms with van der Waals surface area (Å²) < 4.78 is 30.9. The molecule has 30 heavy (non-hydrogen) atoms. The first-order chi connectivity index (χ1) is 14.3. The maximum Gasteiger partial charge on any atom is 0.427 e. The second kappa shape index (κ2) is 10.5. The van der Waals surface area contributed by atoms with Crippen molar-refractivity contribution in [3.8, 4) is 17.2 Å². The summed E-state index contributed by atoms with van der Waals surface area (Å²) in [6.45, 7) is 11.6. The highest BCUT2D eigenvalue weighted by molar-refractivity contribution is 7.58. The number of rotatable bonds is 10. The summed E-state index contributed by atoms with van der Waals surface area (Å²) in [4.78, 5) is 4.26. The van der Waals surface area contributed by atoms with Gasteiger partial charge in [-0.15, -0.1) is 0 Å². The SMILES string of the molecule is CC/C=C(\CC)P(=O)(ONc1nccc(C)c1C)Oc1cc(C)c(O)c(OCC)c1. The van der Waals surface area contributed by atoms with Crippen LogP contribution in [0.2, 0.25) is 0 Å². The number of allylic oxidation sites excluding steroid dienone is 2. The number of aromatic hydroxyl groups is 1. The summed E-state index contributed by atoms with van der Waals surface area (Å²) in [5, 5.41) is 10.7. The van der Waals surface area contributed by atoms with Crippen molar-refractivity contribution in [1.29, 1.82) is 0 Å².